The zero-order valence-corrected chi connectivity index (χ0v) is 14.8. The smallest absolute Gasteiger partial charge is 0.234 e. The summed E-state index contributed by atoms with van der Waals surface area (Å²) in [7, 11) is 1.67. The van der Waals surface area contributed by atoms with Crippen LogP contribution >= 0.6 is 0 Å². The molecule has 0 aromatic heterocycles. The van der Waals surface area contributed by atoms with Crippen LogP contribution in [0.25, 0.3) is 0 Å². The van der Waals surface area contributed by atoms with Crippen LogP contribution in [0, 0.1) is 0 Å². The van der Waals surface area contributed by atoms with Crippen LogP contribution in [0.5, 0.6) is 11.5 Å². The SMILES string of the molecule is COc1ccc(OCCN2CCOCC2)cc1CN1CCNC(=O)C1. The van der Waals surface area contributed by atoms with Gasteiger partial charge in [-0.25, -0.2) is 0 Å². The molecule has 2 aliphatic heterocycles. The fourth-order valence-electron chi connectivity index (χ4n) is 3.15. The molecule has 1 amide bonds. The molecule has 0 spiro atoms. The van der Waals surface area contributed by atoms with Crippen molar-refractivity contribution in [2.24, 2.45) is 0 Å². The maximum absolute atomic E-state index is 11.6. The van der Waals surface area contributed by atoms with Crippen molar-refractivity contribution in [3.63, 3.8) is 0 Å². The van der Waals surface area contributed by atoms with Gasteiger partial charge in [0.2, 0.25) is 5.91 Å². The molecule has 0 unspecified atom stereocenters. The van der Waals surface area contributed by atoms with Gasteiger partial charge in [0.05, 0.1) is 26.9 Å². The summed E-state index contributed by atoms with van der Waals surface area (Å²) in [6.45, 7) is 7.72. The van der Waals surface area contributed by atoms with Crippen molar-refractivity contribution in [3.05, 3.63) is 23.8 Å². The number of nitrogens with zero attached hydrogens (tertiary/aromatic N) is 2. The van der Waals surface area contributed by atoms with Gasteiger partial charge < -0.3 is 19.5 Å². The lowest BCUT2D eigenvalue weighted by Gasteiger charge is -2.27. The van der Waals surface area contributed by atoms with Crippen LogP contribution in [0.2, 0.25) is 0 Å². The van der Waals surface area contributed by atoms with E-state index in [2.05, 4.69) is 15.1 Å². The second kappa shape index (κ2) is 9.03. The topological polar surface area (TPSA) is 63.3 Å². The first-order valence-electron chi connectivity index (χ1n) is 8.83. The third kappa shape index (κ3) is 5.32. The normalized spacial score (nSPS) is 19.5. The van der Waals surface area contributed by atoms with Crippen molar-refractivity contribution >= 4 is 5.91 Å². The van der Waals surface area contributed by atoms with Crippen LogP contribution in [0.1, 0.15) is 5.56 Å². The number of piperazine rings is 1. The highest BCUT2D eigenvalue weighted by molar-refractivity contribution is 5.78. The van der Waals surface area contributed by atoms with E-state index in [4.69, 9.17) is 14.2 Å². The van der Waals surface area contributed by atoms with E-state index in [1.54, 1.807) is 7.11 Å². The van der Waals surface area contributed by atoms with Crippen molar-refractivity contribution in [2.75, 3.05) is 66.2 Å². The number of methoxy groups -OCH3 is 1. The minimum atomic E-state index is 0.0723. The van der Waals surface area contributed by atoms with E-state index in [0.717, 1.165) is 56.5 Å². The van der Waals surface area contributed by atoms with Crippen LogP contribution < -0.4 is 14.8 Å². The van der Waals surface area contributed by atoms with Gasteiger partial charge in [-0.05, 0) is 18.2 Å². The molecule has 1 aromatic rings. The zero-order chi connectivity index (χ0) is 17.5. The average Bonchev–Trinajstić information content (AvgIpc) is 2.63. The molecule has 3 rings (SSSR count). The lowest BCUT2D eigenvalue weighted by atomic mass is 10.1. The molecular weight excluding hydrogens is 322 g/mol. The fourth-order valence-corrected chi connectivity index (χ4v) is 3.15. The second-order valence-electron chi connectivity index (χ2n) is 6.34. The molecule has 2 aliphatic rings. The van der Waals surface area contributed by atoms with Gasteiger partial charge in [0.1, 0.15) is 18.1 Å². The Morgan fingerprint density at radius 2 is 2.04 bits per heavy atom. The standard InChI is InChI=1S/C18H27N3O4/c1-23-17-3-2-16(25-11-8-20-6-9-24-10-7-20)12-15(17)13-21-5-4-19-18(22)14-21/h2-3,12H,4-11,13-14H2,1H3,(H,19,22). The van der Waals surface area contributed by atoms with Gasteiger partial charge in [0.15, 0.2) is 0 Å². The van der Waals surface area contributed by atoms with Crippen LogP contribution in [0.3, 0.4) is 0 Å². The van der Waals surface area contributed by atoms with E-state index in [-0.39, 0.29) is 5.91 Å². The number of benzene rings is 1. The summed E-state index contributed by atoms with van der Waals surface area (Å²) >= 11 is 0. The third-order valence-electron chi connectivity index (χ3n) is 4.54. The molecule has 138 valence electrons. The molecule has 0 bridgehead atoms. The number of morpholine rings is 1. The molecule has 0 atom stereocenters. The maximum Gasteiger partial charge on any atom is 0.234 e. The van der Waals surface area contributed by atoms with Crippen LogP contribution in [0.15, 0.2) is 18.2 Å². The Balaban J connectivity index is 1.56. The van der Waals surface area contributed by atoms with E-state index in [0.29, 0.717) is 26.2 Å². The van der Waals surface area contributed by atoms with Gasteiger partial charge in [-0.2, -0.15) is 0 Å². The molecule has 7 nitrogen and oxygen atoms in total. The van der Waals surface area contributed by atoms with Gasteiger partial charge in [-0.3, -0.25) is 14.6 Å². The predicted octanol–water partition coefficient (Wildman–Crippen LogP) is 0.338. The Bertz CT molecular complexity index is 575. The summed E-state index contributed by atoms with van der Waals surface area (Å²) in [5.74, 6) is 1.74. The number of carbonyl (C=O) groups is 1. The summed E-state index contributed by atoms with van der Waals surface area (Å²) in [5.41, 5.74) is 1.04. The van der Waals surface area contributed by atoms with Gasteiger partial charge >= 0.3 is 0 Å². The molecule has 0 aliphatic carbocycles. The zero-order valence-electron chi connectivity index (χ0n) is 14.8. The van der Waals surface area contributed by atoms with Crippen molar-refractivity contribution in [2.45, 2.75) is 6.54 Å². The lowest BCUT2D eigenvalue weighted by Crippen LogP contribution is -2.47. The average molecular weight is 349 g/mol. The first-order chi connectivity index (χ1) is 12.2. The number of hydrogen-bond acceptors (Lipinski definition) is 6. The van der Waals surface area contributed by atoms with E-state index in [9.17, 15) is 4.79 Å². The molecule has 2 heterocycles. The summed E-state index contributed by atoms with van der Waals surface area (Å²) in [6, 6.07) is 5.89. The Labute approximate surface area is 148 Å². The number of amides is 1. The Hall–Kier alpha value is -1.83. The van der Waals surface area contributed by atoms with Gasteiger partial charge in [0.25, 0.3) is 0 Å². The minimum Gasteiger partial charge on any atom is -0.496 e. The monoisotopic (exact) mass is 349 g/mol. The van der Waals surface area contributed by atoms with Gasteiger partial charge in [-0.15, -0.1) is 0 Å². The second-order valence-corrected chi connectivity index (χ2v) is 6.34. The van der Waals surface area contributed by atoms with Crippen molar-refractivity contribution in [3.8, 4) is 11.5 Å². The van der Waals surface area contributed by atoms with E-state index in [1.807, 2.05) is 18.2 Å². The largest absolute Gasteiger partial charge is 0.496 e. The number of carbonyl (C=O) groups excluding carboxylic acids is 1. The van der Waals surface area contributed by atoms with Gasteiger partial charge in [0, 0.05) is 44.8 Å². The highest BCUT2D eigenvalue weighted by Gasteiger charge is 2.18. The lowest BCUT2D eigenvalue weighted by molar-refractivity contribution is -0.124. The number of ether oxygens (including phenoxy) is 3. The van der Waals surface area contributed by atoms with Crippen molar-refractivity contribution < 1.29 is 19.0 Å². The first kappa shape index (κ1) is 18.0. The highest BCUT2D eigenvalue weighted by atomic mass is 16.5. The van der Waals surface area contributed by atoms with Gasteiger partial charge in [-0.1, -0.05) is 0 Å². The quantitative estimate of drug-likeness (QED) is 0.766. The number of hydrogen-bond donors (Lipinski definition) is 1. The highest BCUT2D eigenvalue weighted by Crippen LogP contribution is 2.25. The molecule has 7 heteroatoms. The van der Waals surface area contributed by atoms with Crippen molar-refractivity contribution in [1.82, 2.24) is 15.1 Å². The fraction of sp³-hybridized carbons (Fsp3) is 0.611. The predicted molar refractivity (Wildman–Crippen MR) is 94.0 cm³/mol. The Kier molecular flexibility index (Phi) is 6.49. The number of rotatable bonds is 7. The molecule has 0 radical (unpaired) electrons. The Morgan fingerprint density at radius 1 is 1.20 bits per heavy atom. The molecule has 2 fully saturated rings. The maximum atomic E-state index is 11.6. The summed E-state index contributed by atoms with van der Waals surface area (Å²) < 4.78 is 16.7. The molecule has 1 N–H and O–H groups in total. The van der Waals surface area contributed by atoms with Crippen LogP contribution in [-0.4, -0.2) is 81.9 Å². The molecule has 2 saturated heterocycles. The van der Waals surface area contributed by atoms with E-state index in [1.165, 1.54) is 0 Å². The van der Waals surface area contributed by atoms with Crippen LogP contribution in [-0.2, 0) is 16.1 Å². The summed E-state index contributed by atoms with van der Waals surface area (Å²) in [6.07, 6.45) is 0. The molecule has 0 saturated carbocycles. The first-order valence-corrected chi connectivity index (χ1v) is 8.83. The number of nitrogens with one attached hydrogen (secondary N) is 1. The summed E-state index contributed by atoms with van der Waals surface area (Å²) in [4.78, 5) is 16.0. The minimum absolute atomic E-state index is 0.0723. The third-order valence-corrected chi connectivity index (χ3v) is 4.54. The van der Waals surface area contributed by atoms with E-state index < -0.39 is 0 Å². The van der Waals surface area contributed by atoms with Crippen molar-refractivity contribution in [1.29, 1.82) is 0 Å². The molecule has 25 heavy (non-hydrogen) atoms. The Morgan fingerprint density at radius 3 is 2.80 bits per heavy atom. The summed E-state index contributed by atoms with van der Waals surface area (Å²) in [5, 5.41) is 2.85. The van der Waals surface area contributed by atoms with Crippen LogP contribution in [0.4, 0.5) is 0 Å². The molecule has 1 aromatic carbocycles. The molecular formula is C18H27N3O4. The van der Waals surface area contributed by atoms with E-state index >= 15 is 0 Å².